The van der Waals surface area contributed by atoms with Gasteiger partial charge in [0, 0.05) is 37.3 Å². The fraction of sp³-hybridized carbons (Fsp3) is 0.526. The van der Waals surface area contributed by atoms with Crippen molar-refractivity contribution in [3.05, 3.63) is 36.0 Å². The molecular formula is C19H27N3O3S. The predicted molar refractivity (Wildman–Crippen MR) is 103 cm³/mol. The van der Waals surface area contributed by atoms with Crippen molar-refractivity contribution < 1.29 is 13.2 Å². The SMILES string of the molecule is Cc1cnc2c(S(=O)(=O)NC[C@@H](C(C)C)N3CCOCC3)cccc2c1. The van der Waals surface area contributed by atoms with Gasteiger partial charge in [0.2, 0.25) is 10.0 Å². The Balaban J connectivity index is 1.82. The smallest absolute Gasteiger partial charge is 0.242 e. The summed E-state index contributed by atoms with van der Waals surface area (Å²) in [4.78, 5) is 6.90. The molecule has 0 saturated carbocycles. The highest BCUT2D eigenvalue weighted by molar-refractivity contribution is 7.89. The first-order chi connectivity index (χ1) is 12.4. The molecule has 2 heterocycles. The summed E-state index contributed by atoms with van der Waals surface area (Å²) in [5.41, 5.74) is 1.52. The molecule has 1 atom stereocenters. The maximum atomic E-state index is 12.9. The summed E-state index contributed by atoms with van der Waals surface area (Å²) in [6.07, 6.45) is 1.70. The zero-order chi connectivity index (χ0) is 18.7. The molecular weight excluding hydrogens is 350 g/mol. The second kappa shape index (κ2) is 8.00. The summed E-state index contributed by atoms with van der Waals surface area (Å²) in [7, 11) is -3.64. The third-order valence-electron chi connectivity index (χ3n) is 4.87. The van der Waals surface area contributed by atoms with Crippen LogP contribution in [0.15, 0.2) is 35.4 Å². The average Bonchev–Trinajstić information content (AvgIpc) is 2.61. The molecule has 7 heteroatoms. The largest absolute Gasteiger partial charge is 0.379 e. The number of sulfonamides is 1. The molecule has 142 valence electrons. The number of aromatic nitrogens is 1. The van der Waals surface area contributed by atoms with Crippen LogP contribution in [0.4, 0.5) is 0 Å². The van der Waals surface area contributed by atoms with Gasteiger partial charge in [0.25, 0.3) is 0 Å². The van der Waals surface area contributed by atoms with E-state index in [4.69, 9.17) is 4.74 Å². The average molecular weight is 378 g/mol. The van der Waals surface area contributed by atoms with E-state index in [1.54, 1.807) is 18.3 Å². The molecule has 1 aliphatic heterocycles. The lowest BCUT2D eigenvalue weighted by molar-refractivity contribution is 0.00776. The quantitative estimate of drug-likeness (QED) is 0.835. The summed E-state index contributed by atoms with van der Waals surface area (Å²) in [6.45, 7) is 9.63. The maximum Gasteiger partial charge on any atom is 0.242 e. The van der Waals surface area contributed by atoms with E-state index in [0.717, 1.165) is 24.0 Å². The molecule has 26 heavy (non-hydrogen) atoms. The first kappa shape index (κ1) is 19.2. The molecule has 1 N–H and O–H groups in total. The third-order valence-corrected chi connectivity index (χ3v) is 6.32. The van der Waals surface area contributed by atoms with Crippen molar-refractivity contribution in [3.63, 3.8) is 0 Å². The van der Waals surface area contributed by atoms with Gasteiger partial charge in [0.1, 0.15) is 4.90 Å². The van der Waals surface area contributed by atoms with Crippen molar-refractivity contribution in [1.29, 1.82) is 0 Å². The molecule has 6 nitrogen and oxygen atoms in total. The predicted octanol–water partition coefficient (Wildman–Crippen LogP) is 2.18. The van der Waals surface area contributed by atoms with E-state index in [2.05, 4.69) is 28.5 Å². The number of benzene rings is 1. The number of morpholine rings is 1. The molecule has 0 bridgehead atoms. The van der Waals surface area contributed by atoms with Crippen LogP contribution in [-0.2, 0) is 14.8 Å². The van der Waals surface area contributed by atoms with E-state index >= 15 is 0 Å². The summed E-state index contributed by atoms with van der Waals surface area (Å²) < 4.78 is 34.1. The molecule has 0 radical (unpaired) electrons. The number of fused-ring (bicyclic) bond motifs is 1. The molecule has 3 rings (SSSR count). The molecule has 1 saturated heterocycles. The van der Waals surface area contributed by atoms with Gasteiger partial charge in [-0.25, -0.2) is 13.1 Å². The minimum atomic E-state index is -3.64. The first-order valence-corrected chi connectivity index (χ1v) is 10.5. The van der Waals surface area contributed by atoms with E-state index in [0.29, 0.717) is 31.2 Å². The van der Waals surface area contributed by atoms with Crippen LogP contribution in [0.25, 0.3) is 10.9 Å². The lowest BCUT2D eigenvalue weighted by Gasteiger charge is -2.36. The number of nitrogens with one attached hydrogen (secondary N) is 1. The molecule has 1 fully saturated rings. The van der Waals surface area contributed by atoms with E-state index in [1.807, 2.05) is 19.1 Å². The van der Waals surface area contributed by atoms with Gasteiger partial charge in [-0.3, -0.25) is 9.88 Å². The number of aryl methyl sites for hydroxylation is 1. The number of ether oxygens (including phenoxy) is 1. The van der Waals surface area contributed by atoms with E-state index in [9.17, 15) is 8.42 Å². The van der Waals surface area contributed by atoms with Crippen LogP contribution >= 0.6 is 0 Å². The van der Waals surface area contributed by atoms with Gasteiger partial charge in [0.15, 0.2) is 0 Å². The number of rotatable bonds is 6. The number of hydrogen-bond donors (Lipinski definition) is 1. The van der Waals surface area contributed by atoms with Crippen molar-refractivity contribution in [2.45, 2.75) is 31.7 Å². The minimum absolute atomic E-state index is 0.138. The zero-order valence-corrected chi connectivity index (χ0v) is 16.4. The maximum absolute atomic E-state index is 12.9. The summed E-state index contributed by atoms with van der Waals surface area (Å²) >= 11 is 0. The number of nitrogens with zero attached hydrogens (tertiary/aromatic N) is 2. The van der Waals surface area contributed by atoms with Gasteiger partial charge >= 0.3 is 0 Å². The second-order valence-electron chi connectivity index (χ2n) is 7.15. The molecule has 0 amide bonds. The third kappa shape index (κ3) is 4.23. The van der Waals surface area contributed by atoms with Crippen LogP contribution in [0.5, 0.6) is 0 Å². The Kier molecular flexibility index (Phi) is 5.92. The lowest BCUT2D eigenvalue weighted by Crippen LogP contribution is -2.51. The molecule has 1 aliphatic rings. The number of para-hydroxylation sites is 1. The first-order valence-electron chi connectivity index (χ1n) is 9.05. The van der Waals surface area contributed by atoms with Gasteiger partial charge in [-0.05, 0) is 30.5 Å². The van der Waals surface area contributed by atoms with E-state index < -0.39 is 10.0 Å². The Labute approximate surface area is 155 Å². The van der Waals surface area contributed by atoms with E-state index in [1.165, 1.54) is 0 Å². The Bertz CT molecular complexity index is 861. The van der Waals surface area contributed by atoms with Crippen LogP contribution in [0, 0.1) is 12.8 Å². The van der Waals surface area contributed by atoms with Gasteiger partial charge in [-0.1, -0.05) is 26.0 Å². The summed E-state index contributed by atoms with van der Waals surface area (Å²) in [5, 5.41) is 0.835. The topological polar surface area (TPSA) is 71.5 Å². The number of pyridine rings is 1. The molecule has 1 aromatic carbocycles. The Morgan fingerprint density at radius 2 is 2.00 bits per heavy atom. The van der Waals surface area contributed by atoms with Gasteiger partial charge in [-0.15, -0.1) is 0 Å². The lowest BCUT2D eigenvalue weighted by atomic mass is 10.0. The van der Waals surface area contributed by atoms with Crippen molar-refractivity contribution in [3.8, 4) is 0 Å². The fourth-order valence-corrected chi connectivity index (χ4v) is 4.66. The highest BCUT2D eigenvalue weighted by Gasteiger charge is 2.26. The van der Waals surface area contributed by atoms with Gasteiger partial charge in [0.05, 0.1) is 18.7 Å². The summed E-state index contributed by atoms with van der Waals surface area (Å²) in [5.74, 6) is 0.337. The minimum Gasteiger partial charge on any atom is -0.379 e. The van der Waals surface area contributed by atoms with Crippen LogP contribution in [0.2, 0.25) is 0 Å². The summed E-state index contributed by atoms with van der Waals surface area (Å²) in [6, 6.07) is 7.36. The molecule has 0 unspecified atom stereocenters. The molecule has 2 aromatic rings. The standard InChI is InChI=1S/C19H27N3O3S/c1-14(2)17(22-7-9-25-10-8-22)13-21-26(23,24)18-6-4-5-16-11-15(3)12-20-19(16)18/h4-6,11-12,14,17,21H,7-10,13H2,1-3H3/t17-/m0/s1. The Morgan fingerprint density at radius 1 is 1.27 bits per heavy atom. The van der Waals surface area contributed by atoms with Gasteiger partial charge < -0.3 is 4.74 Å². The molecule has 0 spiro atoms. The Hall–Kier alpha value is -1.54. The van der Waals surface area contributed by atoms with E-state index in [-0.39, 0.29) is 10.9 Å². The monoisotopic (exact) mass is 377 g/mol. The van der Waals surface area contributed by atoms with Crippen LogP contribution in [0.3, 0.4) is 0 Å². The van der Waals surface area contributed by atoms with Gasteiger partial charge in [-0.2, -0.15) is 0 Å². The zero-order valence-electron chi connectivity index (χ0n) is 15.6. The van der Waals surface area contributed by atoms with Crippen LogP contribution < -0.4 is 4.72 Å². The Morgan fingerprint density at radius 3 is 2.69 bits per heavy atom. The van der Waals surface area contributed by atoms with Crippen LogP contribution in [0.1, 0.15) is 19.4 Å². The highest BCUT2D eigenvalue weighted by atomic mass is 32.2. The second-order valence-corrected chi connectivity index (χ2v) is 8.89. The van der Waals surface area contributed by atoms with Crippen molar-refractivity contribution in [2.75, 3.05) is 32.8 Å². The van der Waals surface area contributed by atoms with Crippen molar-refractivity contribution in [2.24, 2.45) is 5.92 Å². The normalized spacial score (nSPS) is 17.7. The highest BCUT2D eigenvalue weighted by Crippen LogP contribution is 2.22. The van der Waals surface area contributed by atoms with Crippen molar-refractivity contribution in [1.82, 2.24) is 14.6 Å². The number of hydrogen-bond acceptors (Lipinski definition) is 5. The fourth-order valence-electron chi connectivity index (χ4n) is 3.43. The van der Waals surface area contributed by atoms with Crippen molar-refractivity contribution >= 4 is 20.9 Å². The molecule has 0 aliphatic carbocycles. The van der Waals surface area contributed by atoms with Crippen LogP contribution in [-0.4, -0.2) is 57.2 Å². The molecule has 1 aromatic heterocycles.